The molecule has 2 spiro atoms. The minimum atomic E-state index is -1.12. The molecule has 106 valence electrons. The summed E-state index contributed by atoms with van der Waals surface area (Å²) in [6, 6.07) is 3.48. The standard InChI is InChI=1S/C16H13NO4/c18-8-2-1-7-5-14-6-15-10(7)11(8)21-12(15)9(19)3-4-16(15,20)13(14)17-14/h1-4,12-13,17-18,20H,5-6H2/t12-,13?,14?,15?,16?/m0/s1. The lowest BCUT2D eigenvalue weighted by Crippen LogP contribution is -2.62. The Hall–Kier alpha value is -1.85. The Morgan fingerprint density at radius 3 is 3.10 bits per heavy atom. The fourth-order valence-corrected chi connectivity index (χ4v) is 5.53. The summed E-state index contributed by atoms with van der Waals surface area (Å²) in [6.45, 7) is 0. The SMILES string of the molecule is O=C1C=CC2(O)C3NC34Cc3ccc(O)c5c3C2(C4)[C@H]1O5. The van der Waals surface area contributed by atoms with E-state index in [1.165, 1.54) is 6.08 Å². The molecule has 1 saturated heterocycles. The number of hydrogen-bond acceptors (Lipinski definition) is 5. The highest BCUT2D eigenvalue weighted by Crippen LogP contribution is 2.71. The number of benzene rings is 1. The van der Waals surface area contributed by atoms with Gasteiger partial charge in [-0.1, -0.05) is 6.07 Å². The lowest BCUT2D eigenvalue weighted by atomic mass is 9.59. The lowest BCUT2D eigenvalue weighted by molar-refractivity contribution is -0.130. The average molecular weight is 283 g/mol. The van der Waals surface area contributed by atoms with E-state index in [0.717, 1.165) is 17.5 Å². The van der Waals surface area contributed by atoms with Gasteiger partial charge in [0.25, 0.3) is 0 Å². The van der Waals surface area contributed by atoms with Crippen molar-refractivity contribution in [2.24, 2.45) is 0 Å². The van der Waals surface area contributed by atoms with Crippen LogP contribution in [0.25, 0.3) is 0 Å². The molecule has 6 rings (SSSR count). The molecule has 1 saturated carbocycles. The number of phenolic OH excluding ortho intramolecular Hbond substituents is 1. The smallest absolute Gasteiger partial charge is 0.196 e. The molecule has 5 heteroatoms. The van der Waals surface area contributed by atoms with E-state index >= 15 is 0 Å². The number of aliphatic hydroxyl groups is 1. The van der Waals surface area contributed by atoms with Crippen molar-refractivity contribution in [3.8, 4) is 11.5 Å². The fraction of sp³-hybridized carbons (Fsp3) is 0.438. The van der Waals surface area contributed by atoms with E-state index in [1.54, 1.807) is 12.1 Å². The van der Waals surface area contributed by atoms with Crippen LogP contribution in [-0.2, 0) is 16.6 Å². The topological polar surface area (TPSA) is 88.7 Å². The van der Waals surface area contributed by atoms with Crippen LogP contribution >= 0.6 is 0 Å². The van der Waals surface area contributed by atoms with Crippen LogP contribution in [0.4, 0.5) is 0 Å². The molecule has 5 nitrogen and oxygen atoms in total. The van der Waals surface area contributed by atoms with Crippen molar-refractivity contribution in [1.29, 1.82) is 0 Å². The van der Waals surface area contributed by atoms with Crippen molar-refractivity contribution in [2.45, 2.75) is 41.5 Å². The average Bonchev–Trinajstić information content (AvgIpc) is 2.95. The van der Waals surface area contributed by atoms with Gasteiger partial charge in [-0.15, -0.1) is 0 Å². The molecule has 3 N–H and O–H groups in total. The maximum atomic E-state index is 12.4. The third-order valence-electron chi connectivity index (χ3n) is 6.27. The van der Waals surface area contributed by atoms with E-state index in [-0.39, 0.29) is 23.1 Å². The summed E-state index contributed by atoms with van der Waals surface area (Å²) in [5.41, 5.74) is -0.0543. The summed E-state index contributed by atoms with van der Waals surface area (Å²) in [5.74, 6) is 0.320. The van der Waals surface area contributed by atoms with Crippen LogP contribution < -0.4 is 10.1 Å². The zero-order chi connectivity index (χ0) is 14.2. The molecule has 2 fully saturated rings. The Bertz CT molecular complexity index is 802. The second-order valence-corrected chi connectivity index (χ2v) is 7.07. The number of carbonyl (C=O) groups is 1. The van der Waals surface area contributed by atoms with Gasteiger partial charge >= 0.3 is 0 Å². The quantitative estimate of drug-likeness (QED) is 0.580. The van der Waals surface area contributed by atoms with Gasteiger partial charge in [-0.2, -0.15) is 0 Å². The molecule has 2 aliphatic heterocycles. The molecule has 0 aromatic heterocycles. The van der Waals surface area contributed by atoms with Gasteiger partial charge in [-0.25, -0.2) is 0 Å². The number of phenols is 1. The van der Waals surface area contributed by atoms with E-state index in [0.29, 0.717) is 12.2 Å². The number of rotatable bonds is 0. The molecule has 21 heavy (non-hydrogen) atoms. The number of fused-ring (bicyclic) bond motifs is 1. The van der Waals surface area contributed by atoms with Crippen molar-refractivity contribution in [1.82, 2.24) is 5.32 Å². The number of ether oxygens (including phenoxy) is 1. The Balaban J connectivity index is 1.79. The zero-order valence-corrected chi connectivity index (χ0v) is 11.1. The van der Waals surface area contributed by atoms with Gasteiger partial charge in [0.1, 0.15) is 5.60 Å². The normalized spacial score (nSPS) is 49.7. The highest BCUT2D eigenvalue weighted by atomic mass is 16.5. The number of carbonyl (C=O) groups excluding carboxylic acids is 1. The molecular weight excluding hydrogens is 270 g/mol. The Morgan fingerprint density at radius 1 is 1.38 bits per heavy atom. The third-order valence-corrected chi connectivity index (χ3v) is 6.27. The summed E-state index contributed by atoms with van der Waals surface area (Å²) in [4.78, 5) is 12.4. The van der Waals surface area contributed by atoms with Crippen LogP contribution in [0.5, 0.6) is 11.5 Å². The number of aromatic hydroxyl groups is 1. The Morgan fingerprint density at radius 2 is 2.24 bits per heavy atom. The number of hydrogen-bond donors (Lipinski definition) is 3. The molecule has 5 atom stereocenters. The molecular formula is C16H13NO4. The van der Waals surface area contributed by atoms with Crippen molar-refractivity contribution in [3.63, 3.8) is 0 Å². The largest absolute Gasteiger partial charge is 0.504 e. The van der Waals surface area contributed by atoms with Crippen LogP contribution in [0.3, 0.4) is 0 Å². The van der Waals surface area contributed by atoms with Crippen LogP contribution in [0.1, 0.15) is 17.5 Å². The van der Waals surface area contributed by atoms with Gasteiger partial charge in [0, 0.05) is 11.1 Å². The summed E-state index contributed by atoms with van der Waals surface area (Å²) in [6.07, 6.45) is 3.86. The van der Waals surface area contributed by atoms with Crippen LogP contribution in [0, 0.1) is 0 Å². The molecule has 3 aliphatic carbocycles. The van der Waals surface area contributed by atoms with Gasteiger partial charge < -0.3 is 20.3 Å². The van der Waals surface area contributed by atoms with Crippen molar-refractivity contribution in [2.75, 3.05) is 0 Å². The van der Waals surface area contributed by atoms with E-state index < -0.39 is 17.1 Å². The van der Waals surface area contributed by atoms with E-state index in [2.05, 4.69) is 5.32 Å². The van der Waals surface area contributed by atoms with Crippen molar-refractivity contribution < 1.29 is 19.7 Å². The number of ketones is 1. The van der Waals surface area contributed by atoms with Crippen molar-refractivity contribution >= 4 is 5.78 Å². The van der Waals surface area contributed by atoms with Gasteiger partial charge in [-0.3, -0.25) is 4.79 Å². The maximum Gasteiger partial charge on any atom is 0.196 e. The van der Waals surface area contributed by atoms with E-state index in [9.17, 15) is 15.0 Å². The summed E-state index contributed by atoms with van der Waals surface area (Å²) in [5, 5.41) is 24.9. The monoisotopic (exact) mass is 283 g/mol. The summed E-state index contributed by atoms with van der Waals surface area (Å²) in [7, 11) is 0. The second-order valence-electron chi connectivity index (χ2n) is 7.07. The summed E-state index contributed by atoms with van der Waals surface area (Å²) >= 11 is 0. The van der Waals surface area contributed by atoms with Gasteiger partial charge in [0.2, 0.25) is 0 Å². The molecule has 1 aromatic rings. The molecule has 2 bridgehead atoms. The van der Waals surface area contributed by atoms with Gasteiger partial charge in [0.05, 0.1) is 11.5 Å². The Labute approximate surface area is 120 Å². The molecule has 1 aromatic carbocycles. The van der Waals surface area contributed by atoms with Gasteiger partial charge in [-0.05, 0) is 36.6 Å². The highest BCUT2D eigenvalue weighted by molar-refractivity contribution is 5.99. The predicted molar refractivity (Wildman–Crippen MR) is 71.3 cm³/mol. The third kappa shape index (κ3) is 0.816. The van der Waals surface area contributed by atoms with E-state index in [1.807, 2.05) is 6.07 Å². The number of nitrogens with one attached hydrogen (secondary N) is 1. The summed E-state index contributed by atoms with van der Waals surface area (Å²) < 4.78 is 5.86. The molecule has 2 heterocycles. The first kappa shape index (κ1) is 10.8. The van der Waals surface area contributed by atoms with Crippen molar-refractivity contribution in [3.05, 3.63) is 35.4 Å². The highest BCUT2D eigenvalue weighted by Gasteiger charge is 2.84. The van der Waals surface area contributed by atoms with Gasteiger partial charge in [0.15, 0.2) is 23.4 Å². The minimum absolute atomic E-state index is 0.0408. The molecule has 0 radical (unpaired) electrons. The fourth-order valence-electron chi connectivity index (χ4n) is 5.53. The maximum absolute atomic E-state index is 12.4. The first-order valence-corrected chi connectivity index (χ1v) is 7.27. The van der Waals surface area contributed by atoms with Crippen LogP contribution in [0.15, 0.2) is 24.3 Å². The molecule has 4 unspecified atom stereocenters. The van der Waals surface area contributed by atoms with Crippen LogP contribution in [0.2, 0.25) is 0 Å². The minimum Gasteiger partial charge on any atom is -0.504 e. The molecule has 5 aliphatic rings. The van der Waals surface area contributed by atoms with E-state index in [4.69, 9.17) is 4.74 Å². The number of piperidine rings is 1. The first-order chi connectivity index (χ1) is 10.0. The lowest BCUT2D eigenvalue weighted by Gasteiger charge is -2.46. The predicted octanol–water partition coefficient (Wildman–Crippen LogP) is -0.0686. The van der Waals surface area contributed by atoms with Crippen LogP contribution in [-0.4, -0.2) is 39.3 Å². The first-order valence-electron chi connectivity index (χ1n) is 7.27. The zero-order valence-electron chi connectivity index (χ0n) is 11.1. The second kappa shape index (κ2) is 2.62. The Kier molecular flexibility index (Phi) is 1.35. The molecule has 0 amide bonds.